The molecule has 31 heavy (non-hydrogen) atoms. The minimum Gasteiger partial charge on any atom is -0.463 e. The lowest BCUT2D eigenvalue weighted by atomic mass is 9.96. The van der Waals surface area contributed by atoms with Crippen molar-refractivity contribution in [2.45, 2.75) is 64.9 Å². The lowest BCUT2D eigenvalue weighted by Crippen LogP contribution is -2.66. The summed E-state index contributed by atoms with van der Waals surface area (Å²) >= 11 is 0. The van der Waals surface area contributed by atoms with Crippen LogP contribution in [0.4, 0.5) is 0 Å². The van der Waals surface area contributed by atoms with Gasteiger partial charge in [-0.3, -0.25) is 19.2 Å². The smallest absolute Gasteiger partial charge is 0.303 e. The van der Waals surface area contributed by atoms with Gasteiger partial charge in [0.25, 0.3) is 0 Å². The van der Waals surface area contributed by atoms with Crippen molar-refractivity contribution in [1.29, 1.82) is 0 Å². The minimum atomic E-state index is -1.14. The van der Waals surface area contributed by atoms with Crippen LogP contribution in [0.1, 0.15) is 33.3 Å². The average molecular weight is 437 g/mol. The number of carbonyl (C=O) groups excluding carboxylic acids is 4. The normalized spacial score (nSPS) is 25.2. The highest BCUT2D eigenvalue weighted by Gasteiger charge is 2.51. The molecule has 2 rings (SSSR count). The predicted octanol–water partition coefficient (Wildman–Crippen LogP) is 0.859. The van der Waals surface area contributed by atoms with E-state index >= 15 is 0 Å². The Hall–Kier alpha value is -2.98. The molecule has 1 fully saturated rings. The van der Waals surface area contributed by atoms with Gasteiger partial charge >= 0.3 is 17.9 Å². The van der Waals surface area contributed by atoms with Gasteiger partial charge in [-0.05, 0) is 5.56 Å². The molecule has 1 aliphatic rings. The van der Waals surface area contributed by atoms with E-state index in [2.05, 4.69) is 5.32 Å². The first-order chi connectivity index (χ1) is 14.7. The topological polar surface area (TPSA) is 126 Å². The Labute approximate surface area is 180 Å². The van der Waals surface area contributed by atoms with Crippen molar-refractivity contribution in [1.82, 2.24) is 5.32 Å². The van der Waals surface area contributed by atoms with Crippen LogP contribution >= 0.6 is 0 Å². The van der Waals surface area contributed by atoms with Crippen molar-refractivity contribution in [3.05, 3.63) is 35.9 Å². The zero-order valence-corrected chi connectivity index (χ0v) is 17.9. The molecule has 1 N–H and O–H groups in total. The molecule has 0 radical (unpaired) electrons. The second kappa shape index (κ2) is 11.4. The monoisotopic (exact) mass is 437 g/mol. The maximum absolute atomic E-state index is 11.8. The Morgan fingerprint density at radius 3 is 2.06 bits per heavy atom. The van der Waals surface area contributed by atoms with Crippen molar-refractivity contribution in [2.75, 3.05) is 6.61 Å². The second-order valence-corrected chi connectivity index (χ2v) is 7.02. The highest BCUT2D eigenvalue weighted by molar-refractivity contribution is 5.73. The number of carbonyl (C=O) groups is 4. The van der Waals surface area contributed by atoms with Crippen LogP contribution in [0.25, 0.3) is 0 Å². The Morgan fingerprint density at radius 1 is 0.903 bits per heavy atom. The molecule has 5 atom stereocenters. The molecule has 1 aromatic carbocycles. The molecule has 0 bridgehead atoms. The number of hydrogen-bond acceptors (Lipinski definition) is 9. The molecule has 0 unspecified atom stereocenters. The fraction of sp³-hybridized carbons (Fsp3) is 0.524. The molecule has 170 valence electrons. The van der Waals surface area contributed by atoms with E-state index in [1.807, 2.05) is 30.3 Å². The Kier molecular flexibility index (Phi) is 8.95. The molecule has 1 saturated heterocycles. The summed E-state index contributed by atoms with van der Waals surface area (Å²) in [5.74, 6) is -2.32. The van der Waals surface area contributed by atoms with Crippen LogP contribution in [0.15, 0.2) is 30.3 Å². The molecule has 0 saturated carbocycles. The summed E-state index contributed by atoms with van der Waals surface area (Å²) in [4.78, 5) is 46.7. The summed E-state index contributed by atoms with van der Waals surface area (Å²) in [5, 5.41) is 2.65. The number of esters is 3. The minimum absolute atomic E-state index is 0.132. The summed E-state index contributed by atoms with van der Waals surface area (Å²) in [6, 6.07) is 8.25. The molecule has 1 aliphatic heterocycles. The molecule has 10 heteroatoms. The van der Waals surface area contributed by atoms with Gasteiger partial charge in [0.15, 0.2) is 18.5 Å². The maximum atomic E-state index is 11.8. The summed E-state index contributed by atoms with van der Waals surface area (Å²) in [7, 11) is 0. The SMILES string of the molecule is CC(=O)N[C@@H]1[C@@H](OCc2ccccc2)O[C@H](COC(C)=O)[C@H](OC(C)=O)[C@@H]1OC(C)=O. The third-order valence-corrected chi connectivity index (χ3v) is 4.33. The van der Waals surface area contributed by atoms with Gasteiger partial charge in [-0.1, -0.05) is 30.3 Å². The third-order valence-electron chi connectivity index (χ3n) is 4.33. The van der Waals surface area contributed by atoms with Crippen LogP contribution in [-0.4, -0.2) is 61.1 Å². The van der Waals surface area contributed by atoms with Crippen LogP contribution in [0.5, 0.6) is 0 Å². The van der Waals surface area contributed by atoms with E-state index in [0.29, 0.717) is 0 Å². The van der Waals surface area contributed by atoms with E-state index in [0.717, 1.165) is 5.56 Å². The lowest BCUT2D eigenvalue weighted by Gasteiger charge is -2.44. The van der Waals surface area contributed by atoms with E-state index < -0.39 is 54.5 Å². The van der Waals surface area contributed by atoms with E-state index in [1.54, 1.807) is 0 Å². The Balaban J connectivity index is 2.35. The van der Waals surface area contributed by atoms with Gasteiger partial charge < -0.3 is 29.0 Å². The van der Waals surface area contributed by atoms with E-state index in [1.165, 1.54) is 27.7 Å². The second-order valence-electron chi connectivity index (χ2n) is 7.02. The zero-order valence-electron chi connectivity index (χ0n) is 17.9. The molecular weight excluding hydrogens is 410 g/mol. The average Bonchev–Trinajstić information content (AvgIpc) is 2.68. The zero-order chi connectivity index (χ0) is 23.0. The molecule has 0 spiro atoms. The molecule has 0 aromatic heterocycles. The molecule has 1 heterocycles. The summed E-state index contributed by atoms with van der Waals surface area (Å²) in [6.07, 6.45) is -4.36. The van der Waals surface area contributed by atoms with Crippen LogP contribution in [0.2, 0.25) is 0 Å². The molecule has 1 aromatic rings. The molecule has 10 nitrogen and oxygen atoms in total. The van der Waals surface area contributed by atoms with Crippen molar-refractivity contribution in [3.8, 4) is 0 Å². The number of benzene rings is 1. The van der Waals surface area contributed by atoms with Crippen LogP contribution in [-0.2, 0) is 49.5 Å². The van der Waals surface area contributed by atoms with Gasteiger partial charge in [0, 0.05) is 27.7 Å². The Morgan fingerprint density at radius 2 is 1.52 bits per heavy atom. The van der Waals surface area contributed by atoms with Crippen molar-refractivity contribution in [3.63, 3.8) is 0 Å². The van der Waals surface area contributed by atoms with Crippen molar-refractivity contribution >= 4 is 23.8 Å². The first kappa shape index (κ1) is 24.3. The molecule has 1 amide bonds. The lowest BCUT2D eigenvalue weighted by molar-refractivity contribution is -0.280. The summed E-state index contributed by atoms with van der Waals surface area (Å²) in [5.41, 5.74) is 0.843. The van der Waals surface area contributed by atoms with Gasteiger partial charge in [0.1, 0.15) is 18.8 Å². The summed E-state index contributed by atoms with van der Waals surface area (Å²) < 4.78 is 27.6. The maximum Gasteiger partial charge on any atom is 0.303 e. The quantitative estimate of drug-likeness (QED) is 0.465. The van der Waals surface area contributed by atoms with E-state index in [9.17, 15) is 19.2 Å². The Bertz CT molecular complexity index is 782. The number of hydrogen-bond donors (Lipinski definition) is 1. The van der Waals surface area contributed by atoms with Crippen LogP contribution in [0, 0.1) is 0 Å². The summed E-state index contributed by atoms with van der Waals surface area (Å²) in [6.45, 7) is 4.72. The van der Waals surface area contributed by atoms with Gasteiger partial charge in [-0.15, -0.1) is 0 Å². The molecular formula is C21H27NO9. The van der Waals surface area contributed by atoms with Gasteiger partial charge in [-0.25, -0.2) is 0 Å². The number of ether oxygens (including phenoxy) is 5. The number of nitrogens with one attached hydrogen (secondary N) is 1. The predicted molar refractivity (Wildman–Crippen MR) is 105 cm³/mol. The van der Waals surface area contributed by atoms with E-state index in [-0.39, 0.29) is 13.2 Å². The first-order valence-electron chi connectivity index (χ1n) is 9.73. The first-order valence-corrected chi connectivity index (χ1v) is 9.73. The van der Waals surface area contributed by atoms with E-state index in [4.69, 9.17) is 23.7 Å². The van der Waals surface area contributed by atoms with Crippen molar-refractivity contribution < 1.29 is 42.9 Å². The van der Waals surface area contributed by atoms with Crippen LogP contribution in [0.3, 0.4) is 0 Å². The highest BCUT2D eigenvalue weighted by Crippen LogP contribution is 2.28. The highest BCUT2D eigenvalue weighted by atomic mass is 16.7. The molecule has 0 aliphatic carbocycles. The number of rotatable bonds is 8. The van der Waals surface area contributed by atoms with Gasteiger partial charge in [-0.2, -0.15) is 0 Å². The van der Waals surface area contributed by atoms with Crippen molar-refractivity contribution in [2.24, 2.45) is 0 Å². The van der Waals surface area contributed by atoms with Gasteiger partial charge in [0.2, 0.25) is 5.91 Å². The third kappa shape index (κ3) is 7.65. The fourth-order valence-corrected chi connectivity index (χ4v) is 3.19. The number of amides is 1. The van der Waals surface area contributed by atoms with Gasteiger partial charge in [0.05, 0.1) is 6.61 Å². The fourth-order valence-electron chi connectivity index (χ4n) is 3.19. The standard InChI is InChI=1S/C21H27NO9/c1-12(23)22-18-20(30-15(4)26)19(29-14(3)25)17(11-27-13(2)24)31-21(18)28-10-16-8-6-5-7-9-16/h5-9,17-21H,10-11H2,1-4H3,(H,22,23)/t17-,18+,19+,20-,21+/m1/s1. The largest absolute Gasteiger partial charge is 0.463 e. The van der Waals surface area contributed by atoms with Crippen LogP contribution < -0.4 is 5.32 Å².